The van der Waals surface area contributed by atoms with E-state index in [1.165, 1.54) is 0 Å². The summed E-state index contributed by atoms with van der Waals surface area (Å²) in [5, 5.41) is 2.46. The van der Waals surface area contributed by atoms with E-state index in [0.29, 0.717) is 0 Å². The Hall–Kier alpha value is -1.68. The number of carbonyl (C=O) groups is 2. The number of hydrogen-bond acceptors (Lipinski definition) is 3. The molecule has 3 aliphatic rings. The van der Waals surface area contributed by atoms with Crippen LogP contribution in [0.15, 0.2) is 30.3 Å². The fourth-order valence-corrected chi connectivity index (χ4v) is 3.82. The van der Waals surface area contributed by atoms with Gasteiger partial charge in [-0.1, -0.05) is 30.3 Å². The van der Waals surface area contributed by atoms with Gasteiger partial charge in [0.05, 0.1) is 17.9 Å². The molecule has 0 spiro atoms. The minimum atomic E-state index is -0.577. The zero-order valence-electron chi connectivity index (χ0n) is 9.76. The number of benzene rings is 1. The second-order valence-electron chi connectivity index (χ2n) is 5.31. The lowest BCUT2D eigenvalue weighted by molar-refractivity contribution is -0.131. The number of nitrogens with one attached hydrogen (secondary N) is 1. The van der Waals surface area contributed by atoms with Crippen molar-refractivity contribution in [2.24, 2.45) is 11.8 Å². The van der Waals surface area contributed by atoms with Crippen LogP contribution < -0.4 is 5.32 Å². The number of fused-ring (bicyclic) bond motifs is 5. The van der Waals surface area contributed by atoms with E-state index in [4.69, 9.17) is 4.74 Å². The van der Waals surface area contributed by atoms with Crippen LogP contribution in [0.5, 0.6) is 0 Å². The van der Waals surface area contributed by atoms with Gasteiger partial charge in [0.25, 0.3) is 0 Å². The second-order valence-corrected chi connectivity index (χ2v) is 5.31. The summed E-state index contributed by atoms with van der Waals surface area (Å²) in [5.74, 6) is -0.957. The number of rotatable bonds is 1. The van der Waals surface area contributed by atoms with Crippen molar-refractivity contribution in [2.75, 3.05) is 0 Å². The zero-order chi connectivity index (χ0) is 12.3. The lowest BCUT2D eigenvalue weighted by atomic mass is 9.70. The first kappa shape index (κ1) is 10.3. The Morgan fingerprint density at radius 3 is 2.72 bits per heavy atom. The highest BCUT2D eigenvalue weighted by Crippen LogP contribution is 2.58. The molecule has 0 aliphatic carbocycles. The van der Waals surface area contributed by atoms with Crippen LogP contribution in [-0.4, -0.2) is 17.9 Å². The van der Waals surface area contributed by atoms with Gasteiger partial charge in [-0.15, -0.1) is 0 Å². The fraction of sp³-hybridized carbons (Fsp3) is 0.429. The summed E-state index contributed by atoms with van der Waals surface area (Å²) >= 11 is 0. The van der Waals surface area contributed by atoms with Crippen molar-refractivity contribution in [3.05, 3.63) is 35.9 Å². The molecule has 3 saturated heterocycles. The Bertz CT molecular complexity index is 541. The molecule has 3 fully saturated rings. The zero-order valence-corrected chi connectivity index (χ0v) is 9.76. The predicted octanol–water partition coefficient (Wildman–Crippen LogP) is 0.963. The molecule has 1 aromatic rings. The molecule has 4 atom stereocenters. The van der Waals surface area contributed by atoms with Crippen molar-refractivity contribution in [2.45, 2.75) is 24.5 Å². The quantitative estimate of drug-likeness (QED) is 0.747. The Morgan fingerprint density at radius 2 is 1.94 bits per heavy atom. The number of hydrogen-bond donors (Lipinski definition) is 1. The summed E-state index contributed by atoms with van der Waals surface area (Å²) in [6, 6.07) is 9.81. The highest BCUT2D eigenvalue weighted by molar-refractivity contribution is 6.06. The molecule has 4 heteroatoms. The van der Waals surface area contributed by atoms with Crippen molar-refractivity contribution in [3.63, 3.8) is 0 Å². The van der Waals surface area contributed by atoms with E-state index < -0.39 is 5.60 Å². The van der Waals surface area contributed by atoms with Gasteiger partial charge >= 0.3 is 0 Å². The Labute approximate surface area is 104 Å². The maximum absolute atomic E-state index is 12.0. The average Bonchev–Trinajstić information content (AvgIpc) is 3.03. The lowest BCUT2D eigenvalue weighted by Crippen LogP contribution is -2.38. The molecule has 18 heavy (non-hydrogen) atoms. The molecule has 4 rings (SSSR count). The highest BCUT2D eigenvalue weighted by Gasteiger charge is 2.67. The smallest absolute Gasteiger partial charge is 0.233 e. The van der Waals surface area contributed by atoms with Crippen LogP contribution in [0.2, 0.25) is 0 Å². The van der Waals surface area contributed by atoms with Crippen LogP contribution in [0.1, 0.15) is 18.4 Å². The number of imide groups is 1. The van der Waals surface area contributed by atoms with E-state index >= 15 is 0 Å². The van der Waals surface area contributed by atoms with Crippen LogP contribution in [0.4, 0.5) is 0 Å². The van der Waals surface area contributed by atoms with Crippen LogP contribution >= 0.6 is 0 Å². The lowest BCUT2D eigenvalue weighted by Gasteiger charge is -2.30. The Morgan fingerprint density at radius 1 is 1.17 bits per heavy atom. The van der Waals surface area contributed by atoms with Crippen molar-refractivity contribution >= 4 is 11.8 Å². The fourth-order valence-electron chi connectivity index (χ4n) is 3.82. The molecule has 1 aromatic carbocycles. The average molecular weight is 243 g/mol. The molecule has 2 amide bonds. The molecule has 1 N–H and O–H groups in total. The third-order valence-corrected chi connectivity index (χ3v) is 4.52. The molecular weight excluding hydrogens is 230 g/mol. The minimum Gasteiger partial charge on any atom is -0.365 e. The van der Waals surface area contributed by atoms with Gasteiger partial charge in [-0.25, -0.2) is 0 Å². The number of amides is 2. The molecule has 0 aromatic heterocycles. The monoisotopic (exact) mass is 243 g/mol. The van der Waals surface area contributed by atoms with Crippen LogP contribution in [0.3, 0.4) is 0 Å². The molecule has 4 nitrogen and oxygen atoms in total. The van der Waals surface area contributed by atoms with Gasteiger partial charge in [-0.05, 0) is 18.4 Å². The van der Waals surface area contributed by atoms with Gasteiger partial charge in [0.15, 0.2) is 0 Å². The molecule has 92 valence electrons. The minimum absolute atomic E-state index is 0.0957. The van der Waals surface area contributed by atoms with E-state index in [2.05, 4.69) is 5.32 Å². The second kappa shape index (κ2) is 3.20. The SMILES string of the molecule is O=C1NC(=O)C2C1C1CCC2(c2ccccc2)O1. The van der Waals surface area contributed by atoms with Gasteiger partial charge in [-0.2, -0.15) is 0 Å². The molecule has 0 radical (unpaired) electrons. The number of ether oxygens (including phenoxy) is 1. The van der Waals surface area contributed by atoms with Crippen molar-refractivity contribution in [1.82, 2.24) is 5.32 Å². The van der Waals surface area contributed by atoms with Gasteiger partial charge in [-0.3, -0.25) is 14.9 Å². The third kappa shape index (κ3) is 1.04. The van der Waals surface area contributed by atoms with Crippen LogP contribution in [0.25, 0.3) is 0 Å². The topological polar surface area (TPSA) is 55.4 Å². The van der Waals surface area contributed by atoms with Crippen molar-refractivity contribution in [1.29, 1.82) is 0 Å². The maximum Gasteiger partial charge on any atom is 0.233 e. The molecular formula is C14H13NO3. The van der Waals surface area contributed by atoms with Gasteiger partial charge < -0.3 is 4.74 Å². The summed E-state index contributed by atoms with van der Waals surface area (Å²) in [7, 11) is 0. The largest absolute Gasteiger partial charge is 0.365 e. The predicted molar refractivity (Wildman–Crippen MR) is 62.4 cm³/mol. The summed E-state index contributed by atoms with van der Waals surface area (Å²) in [5.41, 5.74) is 0.442. The summed E-state index contributed by atoms with van der Waals surface area (Å²) in [4.78, 5) is 23.8. The first-order valence-electron chi connectivity index (χ1n) is 6.30. The highest BCUT2D eigenvalue weighted by atomic mass is 16.5. The standard InChI is InChI=1S/C14H13NO3/c16-12-10-9-6-7-14(18-9,11(10)13(17)15-12)8-4-2-1-3-5-8/h1-5,9-11H,6-7H2,(H,15,16,17). The number of carbonyl (C=O) groups excluding carboxylic acids is 2. The van der Waals surface area contributed by atoms with E-state index in [0.717, 1.165) is 18.4 Å². The van der Waals surface area contributed by atoms with Crippen LogP contribution in [0, 0.1) is 11.8 Å². The first-order valence-corrected chi connectivity index (χ1v) is 6.30. The summed E-state index contributed by atoms with van der Waals surface area (Å²) in [6.45, 7) is 0. The van der Waals surface area contributed by atoms with Gasteiger partial charge in [0.2, 0.25) is 11.8 Å². The van der Waals surface area contributed by atoms with Crippen molar-refractivity contribution in [3.8, 4) is 0 Å². The maximum atomic E-state index is 12.0. The first-order chi connectivity index (χ1) is 8.72. The molecule has 3 heterocycles. The normalized spacial score (nSPS) is 41.0. The van der Waals surface area contributed by atoms with Gasteiger partial charge in [0, 0.05) is 0 Å². The molecule has 4 unspecified atom stereocenters. The third-order valence-electron chi connectivity index (χ3n) is 4.52. The van der Waals surface area contributed by atoms with Crippen LogP contribution in [-0.2, 0) is 19.9 Å². The van der Waals surface area contributed by atoms with E-state index in [1.54, 1.807) is 0 Å². The summed E-state index contributed by atoms with van der Waals surface area (Å²) in [6.07, 6.45) is 1.59. The van der Waals surface area contributed by atoms with E-state index in [9.17, 15) is 9.59 Å². The van der Waals surface area contributed by atoms with E-state index in [-0.39, 0.29) is 29.8 Å². The molecule has 3 aliphatic heterocycles. The summed E-state index contributed by atoms with van der Waals surface area (Å²) < 4.78 is 6.07. The van der Waals surface area contributed by atoms with Crippen molar-refractivity contribution < 1.29 is 14.3 Å². The Balaban J connectivity index is 1.87. The Kier molecular flexibility index (Phi) is 1.83. The van der Waals surface area contributed by atoms with Gasteiger partial charge in [0.1, 0.15) is 5.60 Å². The van der Waals surface area contributed by atoms with E-state index in [1.807, 2.05) is 30.3 Å². The molecule has 2 bridgehead atoms. The molecule has 0 saturated carbocycles.